The summed E-state index contributed by atoms with van der Waals surface area (Å²) in [7, 11) is 0. The number of fused-ring (bicyclic) bond motifs is 1. The molecule has 1 aromatic heterocycles. The van der Waals surface area contributed by atoms with Crippen LogP contribution in [0.25, 0.3) is 11.0 Å². The van der Waals surface area contributed by atoms with Crippen molar-refractivity contribution in [3.05, 3.63) is 57.8 Å². The Morgan fingerprint density at radius 1 is 1.12 bits per heavy atom. The SMILES string of the molecule is NC(=O)Nc1c(C(=O)c2ccc(Cl)cc2Cl)oc2ccc(O)cc12. The third kappa shape index (κ3) is 2.89. The minimum absolute atomic E-state index is 0.0562. The van der Waals surface area contributed by atoms with Crippen LogP contribution in [0.4, 0.5) is 10.5 Å². The molecule has 3 rings (SSSR count). The summed E-state index contributed by atoms with van der Waals surface area (Å²) in [5, 5.41) is 12.8. The highest BCUT2D eigenvalue weighted by Gasteiger charge is 2.24. The first kappa shape index (κ1) is 16.2. The fourth-order valence-corrected chi connectivity index (χ4v) is 2.78. The first-order chi connectivity index (χ1) is 11.4. The molecule has 0 radical (unpaired) electrons. The fraction of sp³-hybridized carbons (Fsp3) is 0. The summed E-state index contributed by atoms with van der Waals surface area (Å²) in [5.41, 5.74) is 5.67. The van der Waals surface area contributed by atoms with E-state index in [1.807, 2.05) is 0 Å². The van der Waals surface area contributed by atoms with Crippen LogP contribution in [0, 0.1) is 0 Å². The smallest absolute Gasteiger partial charge is 0.316 e. The van der Waals surface area contributed by atoms with Crippen LogP contribution >= 0.6 is 23.2 Å². The maximum absolute atomic E-state index is 12.8. The number of nitrogens with one attached hydrogen (secondary N) is 1. The number of halogens is 2. The molecule has 0 aliphatic carbocycles. The molecule has 0 unspecified atom stereocenters. The number of carbonyl (C=O) groups excluding carboxylic acids is 2. The van der Waals surface area contributed by atoms with Crippen LogP contribution in [0.15, 0.2) is 40.8 Å². The summed E-state index contributed by atoms with van der Waals surface area (Å²) in [6.45, 7) is 0. The second kappa shape index (κ2) is 6.07. The van der Waals surface area contributed by atoms with Crippen LogP contribution in [-0.2, 0) is 0 Å². The fourth-order valence-electron chi connectivity index (χ4n) is 2.29. The Labute approximate surface area is 145 Å². The van der Waals surface area contributed by atoms with E-state index < -0.39 is 11.8 Å². The highest BCUT2D eigenvalue weighted by Crippen LogP contribution is 2.35. The number of carbonyl (C=O) groups is 2. The number of primary amides is 1. The van der Waals surface area contributed by atoms with Gasteiger partial charge >= 0.3 is 6.03 Å². The average molecular weight is 365 g/mol. The number of phenols is 1. The largest absolute Gasteiger partial charge is 0.508 e. The number of hydrogen-bond acceptors (Lipinski definition) is 4. The van der Waals surface area contributed by atoms with E-state index in [1.54, 1.807) is 0 Å². The van der Waals surface area contributed by atoms with Gasteiger partial charge in [0.05, 0.1) is 5.02 Å². The van der Waals surface area contributed by atoms with Crippen LogP contribution in [0.1, 0.15) is 16.1 Å². The average Bonchev–Trinajstić information content (AvgIpc) is 2.84. The minimum atomic E-state index is -0.878. The van der Waals surface area contributed by atoms with Crippen molar-refractivity contribution in [2.24, 2.45) is 5.73 Å². The van der Waals surface area contributed by atoms with Crippen molar-refractivity contribution in [1.29, 1.82) is 0 Å². The molecule has 1 heterocycles. The van der Waals surface area contributed by atoms with Crippen molar-refractivity contribution >= 4 is 51.7 Å². The molecule has 0 atom stereocenters. The van der Waals surface area contributed by atoms with Crippen molar-refractivity contribution < 1.29 is 19.1 Å². The first-order valence-electron chi connectivity index (χ1n) is 6.68. The predicted octanol–water partition coefficient (Wildman–Crippen LogP) is 4.17. The zero-order valence-electron chi connectivity index (χ0n) is 12.0. The van der Waals surface area contributed by atoms with Gasteiger partial charge in [0.25, 0.3) is 0 Å². The summed E-state index contributed by atoms with van der Waals surface area (Å²) in [6.07, 6.45) is 0. The summed E-state index contributed by atoms with van der Waals surface area (Å²) in [5.74, 6) is -0.769. The second-order valence-electron chi connectivity index (χ2n) is 4.93. The summed E-state index contributed by atoms with van der Waals surface area (Å²) >= 11 is 11.9. The topological polar surface area (TPSA) is 106 Å². The summed E-state index contributed by atoms with van der Waals surface area (Å²) in [6, 6.07) is 7.72. The lowest BCUT2D eigenvalue weighted by atomic mass is 10.1. The lowest BCUT2D eigenvalue weighted by molar-refractivity contribution is 0.101. The molecule has 0 spiro atoms. The Kier molecular flexibility index (Phi) is 4.09. The van der Waals surface area contributed by atoms with Crippen LogP contribution in [0.2, 0.25) is 10.0 Å². The Morgan fingerprint density at radius 3 is 2.54 bits per heavy atom. The molecular weight excluding hydrogens is 355 g/mol. The van der Waals surface area contributed by atoms with E-state index in [9.17, 15) is 14.7 Å². The summed E-state index contributed by atoms with van der Waals surface area (Å²) in [4.78, 5) is 24.0. The molecular formula is C16H10Cl2N2O4. The molecule has 3 aromatic rings. The normalized spacial score (nSPS) is 10.8. The van der Waals surface area contributed by atoms with Crippen LogP contribution in [0.5, 0.6) is 5.75 Å². The molecule has 24 heavy (non-hydrogen) atoms. The number of benzene rings is 2. The molecule has 0 bridgehead atoms. The molecule has 6 nitrogen and oxygen atoms in total. The first-order valence-corrected chi connectivity index (χ1v) is 7.44. The number of aromatic hydroxyl groups is 1. The number of phenolic OH excluding ortho intramolecular Hbond substituents is 1. The van der Waals surface area contributed by atoms with Crippen LogP contribution in [0.3, 0.4) is 0 Å². The number of furan rings is 1. The Hall–Kier alpha value is -2.70. The molecule has 0 saturated heterocycles. The molecule has 0 saturated carbocycles. The lowest BCUT2D eigenvalue weighted by Crippen LogP contribution is -2.20. The molecule has 2 aromatic carbocycles. The number of amides is 2. The van der Waals surface area contributed by atoms with Gasteiger partial charge in [-0.1, -0.05) is 23.2 Å². The van der Waals surface area contributed by atoms with Gasteiger partial charge in [-0.3, -0.25) is 4.79 Å². The van der Waals surface area contributed by atoms with Crippen molar-refractivity contribution in [3.63, 3.8) is 0 Å². The van der Waals surface area contributed by atoms with Gasteiger partial charge in [0.2, 0.25) is 5.78 Å². The molecule has 8 heteroatoms. The van der Waals surface area contributed by atoms with Crippen molar-refractivity contribution in [2.45, 2.75) is 0 Å². The lowest BCUT2D eigenvalue weighted by Gasteiger charge is -2.05. The summed E-state index contributed by atoms with van der Waals surface area (Å²) < 4.78 is 5.53. The van der Waals surface area contributed by atoms with Gasteiger partial charge in [0.15, 0.2) is 5.76 Å². The van der Waals surface area contributed by atoms with E-state index in [4.69, 9.17) is 33.4 Å². The highest BCUT2D eigenvalue weighted by atomic mass is 35.5. The molecule has 4 N–H and O–H groups in total. The van der Waals surface area contributed by atoms with Crippen molar-refractivity contribution in [1.82, 2.24) is 0 Å². The third-order valence-electron chi connectivity index (χ3n) is 3.30. The van der Waals surface area contributed by atoms with Gasteiger partial charge in [-0.05, 0) is 36.4 Å². The number of ketones is 1. The number of nitrogens with two attached hydrogens (primary N) is 1. The highest BCUT2D eigenvalue weighted by molar-refractivity contribution is 6.37. The van der Waals surface area contributed by atoms with E-state index in [0.29, 0.717) is 16.0 Å². The van der Waals surface area contributed by atoms with E-state index >= 15 is 0 Å². The van der Waals surface area contributed by atoms with Crippen LogP contribution < -0.4 is 11.1 Å². The standard InChI is InChI=1S/C16H10Cl2N2O4/c17-7-1-3-9(11(18)5-7)14(22)15-13(20-16(19)23)10-6-8(21)2-4-12(10)24-15/h1-6,21H,(H3,19,20,23). The van der Waals surface area contributed by atoms with Crippen molar-refractivity contribution in [3.8, 4) is 5.75 Å². The van der Waals surface area contributed by atoms with Gasteiger partial charge in [0, 0.05) is 16.0 Å². The third-order valence-corrected chi connectivity index (χ3v) is 3.85. The van der Waals surface area contributed by atoms with Gasteiger partial charge in [-0.25, -0.2) is 4.79 Å². The van der Waals surface area contributed by atoms with E-state index in [-0.39, 0.29) is 27.8 Å². The minimum Gasteiger partial charge on any atom is -0.508 e. The molecule has 0 fully saturated rings. The molecule has 0 aliphatic rings. The van der Waals surface area contributed by atoms with E-state index in [1.165, 1.54) is 36.4 Å². The Bertz CT molecular complexity index is 982. The molecule has 122 valence electrons. The second-order valence-corrected chi connectivity index (χ2v) is 5.77. The predicted molar refractivity (Wildman–Crippen MR) is 91.0 cm³/mol. The number of urea groups is 1. The Balaban J connectivity index is 2.20. The quantitative estimate of drug-likeness (QED) is 0.606. The van der Waals surface area contributed by atoms with Gasteiger partial charge in [-0.2, -0.15) is 0 Å². The molecule has 2 amide bonds. The maximum atomic E-state index is 12.8. The van der Waals surface area contributed by atoms with E-state index in [2.05, 4.69) is 5.32 Å². The zero-order valence-corrected chi connectivity index (χ0v) is 13.5. The Morgan fingerprint density at radius 2 is 1.88 bits per heavy atom. The maximum Gasteiger partial charge on any atom is 0.316 e. The van der Waals surface area contributed by atoms with Crippen LogP contribution in [-0.4, -0.2) is 16.9 Å². The zero-order chi connectivity index (χ0) is 17.4. The monoisotopic (exact) mass is 364 g/mol. The van der Waals surface area contributed by atoms with Gasteiger partial charge < -0.3 is 20.6 Å². The number of anilines is 1. The number of hydrogen-bond donors (Lipinski definition) is 3. The number of rotatable bonds is 3. The van der Waals surface area contributed by atoms with Crippen molar-refractivity contribution in [2.75, 3.05) is 5.32 Å². The van der Waals surface area contributed by atoms with E-state index in [0.717, 1.165) is 0 Å². The molecule has 0 aliphatic heterocycles. The van der Waals surface area contributed by atoms with Gasteiger partial charge in [-0.15, -0.1) is 0 Å². The van der Waals surface area contributed by atoms with Gasteiger partial charge in [0.1, 0.15) is 17.0 Å².